The van der Waals surface area contributed by atoms with Gasteiger partial charge >= 0.3 is 0 Å². The number of amides is 1. The van der Waals surface area contributed by atoms with Crippen LogP contribution in [0.1, 0.15) is 50.9 Å². The largest absolute Gasteiger partial charge is 0.366 e. The molecule has 0 unspecified atom stereocenters. The Kier molecular flexibility index (Phi) is 4.92. The van der Waals surface area contributed by atoms with E-state index in [1.54, 1.807) is 12.1 Å². The first-order chi connectivity index (χ1) is 10.7. The Balaban J connectivity index is 2.28. The van der Waals surface area contributed by atoms with Crippen molar-refractivity contribution in [1.29, 1.82) is 0 Å². The average Bonchev–Trinajstić information content (AvgIpc) is 2.45. The van der Waals surface area contributed by atoms with Crippen molar-refractivity contribution in [3.05, 3.63) is 33.9 Å². The zero-order valence-corrected chi connectivity index (χ0v) is 14.3. The molecule has 1 aliphatic heterocycles. The molecule has 0 bridgehead atoms. The molecule has 1 aliphatic rings. The van der Waals surface area contributed by atoms with Crippen LogP contribution in [0.5, 0.6) is 0 Å². The summed E-state index contributed by atoms with van der Waals surface area (Å²) in [5.41, 5.74) is 0.546. The Bertz CT molecular complexity index is 600. The number of anilines is 1. The molecular formula is C17H25N3O3. The van der Waals surface area contributed by atoms with E-state index in [1.807, 2.05) is 25.7 Å². The van der Waals surface area contributed by atoms with E-state index in [1.165, 1.54) is 6.07 Å². The van der Waals surface area contributed by atoms with Crippen LogP contribution in [0.25, 0.3) is 0 Å². The average molecular weight is 319 g/mol. The molecule has 0 aliphatic carbocycles. The summed E-state index contributed by atoms with van der Waals surface area (Å²) < 4.78 is 0. The molecule has 1 aromatic rings. The molecule has 23 heavy (non-hydrogen) atoms. The van der Waals surface area contributed by atoms with Crippen molar-refractivity contribution in [3.63, 3.8) is 0 Å². The third-order valence-corrected chi connectivity index (χ3v) is 4.05. The standard InChI is InChI=1S/C17H25N3O3/c1-12-7-9-19(10-8-12)14-6-5-13(11-15(14)20(22)23)16(21)18-17(2,3)4/h5-6,11-12H,7-10H2,1-4H3,(H,18,21). The zero-order valence-electron chi connectivity index (χ0n) is 14.3. The minimum absolute atomic E-state index is 0.00103. The summed E-state index contributed by atoms with van der Waals surface area (Å²) in [6.45, 7) is 9.46. The van der Waals surface area contributed by atoms with Gasteiger partial charge in [0.2, 0.25) is 0 Å². The lowest BCUT2D eigenvalue weighted by molar-refractivity contribution is -0.384. The SMILES string of the molecule is CC1CCN(c2ccc(C(=O)NC(C)(C)C)cc2[N+](=O)[O-])CC1. The van der Waals surface area contributed by atoms with Gasteiger partial charge in [0.15, 0.2) is 0 Å². The smallest absolute Gasteiger partial charge is 0.293 e. The van der Waals surface area contributed by atoms with E-state index in [9.17, 15) is 14.9 Å². The van der Waals surface area contributed by atoms with E-state index in [0.717, 1.165) is 25.9 Å². The lowest BCUT2D eigenvalue weighted by Crippen LogP contribution is -2.40. The number of benzene rings is 1. The maximum absolute atomic E-state index is 12.2. The predicted octanol–water partition coefficient (Wildman–Crippen LogP) is 3.36. The highest BCUT2D eigenvalue weighted by Gasteiger charge is 2.25. The Morgan fingerprint density at radius 3 is 2.43 bits per heavy atom. The van der Waals surface area contributed by atoms with Gasteiger partial charge in [-0.05, 0) is 51.7 Å². The van der Waals surface area contributed by atoms with E-state index >= 15 is 0 Å². The molecule has 2 rings (SSSR count). The molecule has 1 aromatic carbocycles. The number of piperidine rings is 1. The number of hydrogen-bond acceptors (Lipinski definition) is 4. The number of nitro benzene ring substituents is 1. The highest BCUT2D eigenvalue weighted by atomic mass is 16.6. The van der Waals surface area contributed by atoms with Crippen molar-refractivity contribution < 1.29 is 9.72 Å². The second-order valence-corrected chi connectivity index (χ2v) is 7.33. The van der Waals surface area contributed by atoms with Crippen LogP contribution in [0, 0.1) is 16.0 Å². The Hall–Kier alpha value is -2.11. The molecule has 126 valence electrons. The normalized spacial score (nSPS) is 16.3. The predicted molar refractivity (Wildman–Crippen MR) is 90.9 cm³/mol. The quantitative estimate of drug-likeness (QED) is 0.684. The summed E-state index contributed by atoms with van der Waals surface area (Å²) >= 11 is 0. The molecule has 0 spiro atoms. The summed E-state index contributed by atoms with van der Waals surface area (Å²) in [7, 11) is 0. The molecule has 1 amide bonds. The lowest BCUT2D eigenvalue weighted by atomic mass is 9.98. The fourth-order valence-corrected chi connectivity index (χ4v) is 2.74. The third kappa shape index (κ3) is 4.43. The Morgan fingerprint density at radius 1 is 1.30 bits per heavy atom. The van der Waals surface area contributed by atoms with Gasteiger partial charge in [-0.2, -0.15) is 0 Å². The van der Waals surface area contributed by atoms with Crippen LogP contribution in [0.4, 0.5) is 11.4 Å². The fourth-order valence-electron chi connectivity index (χ4n) is 2.74. The number of nitrogens with one attached hydrogen (secondary N) is 1. The first kappa shape index (κ1) is 17.2. The van der Waals surface area contributed by atoms with E-state index in [-0.39, 0.29) is 17.1 Å². The number of carbonyl (C=O) groups excluding carboxylic acids is 1. The molecule has 0 saturated carbocycles. The molecule has 1 saturated heterocycles. The van der Waals surface area contributed by atoms with Crippen molar-refractivity contribution >= 4 is 17.3 Å². The van der Waals surface area contributed by atoms with Crippen molar-refractivity contribution in [1.82, 2.24) is 5.32 Å². The molecule has 1 N–H and O–H groups in total. The first-order valence-electron chi connectivity index (χ1n) is 8.03. The second kappa shape index (κ2) is 6.56. The molecule has 0 radical (unpaired) electrons. The topological polar surface area (TPSA) is 75.5 Å². The van der Waals surface area contributed by atoms with Crippen molar-refractivity contribution in [2.24, 2.45) is 5.92 Å². The molecule has 0 atom stereocenters. The minimum atomic E-state index is -0.402. The van der Waals surface area contributed by atoms with Gasteiger partial charge in [0.05, 0.1) is 4.92 Å². The van der Waals surface area contributed by atoms with Gasteiger partial charge in [0, 0.05) is 30.3 Å². The van der Waals surface area contributed by atoms with Crippen LogP contribution in [0.3, 0.4) is 0 Å². The maximum Gasteiger partial charge on any atom is 0.293 e. The van der Waals surface area contributed by atoms with Crippen LogP contribution < -0.4 is 10.2 Å². The van der Waals surface area contributed by atoms with Gasteiger partial charge in [-0.25, -0.2) is 0 Å². The Labute approximate surface area is 137 Å². The van der Waals surface area contributed by atoms with E-state index in [2.05, 4.69) is 12.2 Å². The van der Waals surface area contributed by atoms with E-state index < -0.39 is 4.92 Å². The molecule has 0 aromatic heterocycles. The fraction of sp³-hybridized carbons (Fsp3) is 0.588. The van der Waals surface area contributed by atoms with Crippen LogP contribution in [-0.2, 0) is 0 Å². The van der Waals surface area contributed by atoms with Gasteiger partial charge in [0.1, 0.15) is 5.69 Å². The van der Waals surface area contributed by atoms with E-state index in [4.69, 9.17) is 0 Å². The monoisotopic (exact) mass is 319 g/mol. The Morgan fingerprint density at radius 2 is 1.91 bits per heavy atom. The molecular weight excluding hydrogens is 294 g/mol. The van der Waals surface area contributed by atoms with Crippen molar-refractivity contribution in [3.8, 4) is 0 Å². The van der Waals surface area contributed by atoms with Gasteiger partial charge in [-0.3, -0.25) is 14.9 Å². The molecule has 1 fully saturated rings. The number of nitro groups is 1. The number of nitrogens with zero attached hydrogens (tertiary/aromatic N) is 2. The van der Waals surface area contributed by atoms with Gasteiger partial charge in [0.25, 0.3) is 11.6 Å². The number of hydrogen-bond donors (Lipinski definition) is 1. The van der Waals surface area contributed by atoms with Gasteiger partial charge in [-0.1, -0.05) is 6.92 Å². The van der Waals surface area contributed by atoms with Crippen LogP contribution in [0.15, 0.2) is 18.2 Å². The highest BCUT2D eigenvalue weighted by Crippen LogP contribution is 2.32. The lowest BCUT2D eigenvalue weighted by Gasteiger charge is -2.31. The van der Waals surface area contributed by atoms with Crippen molar-refractivity contribution in [2.45, 2.75) is 46.1 Å². The summed E-state index contributed by atoms with van der Waals surface area (Å²) in [6, 6.07) is 4.75. The first-order valence-corrected chi connectivity index (χ1v) is 8.03. The van der Waals surface area contributed by atoms with Gasteiger partial charge < -0.3 is 10.2 Å². The summed E-state index contributed by atoms with van der Waals surface area (Å²) in [5, 5.41) is 14.3. The van der Waals surface area contributed by atoms with Crippen molar-refractivity contribution in [2.75, 3.05) is 18.0 Å². The van der Waals surface area contributed by atoms with Crippen LogP contribution in [-0.4, -0.2) is 29.5 Å². The van der Waals surface area contributed by atoms with Crippen LogP contribution in [0.2, 0.25) is 0 Å². The summed E-state index contributed by atoms with van der Waals surface area (Å²) in [4.78, 5) is 25.3. The number of rotatable bonds is 3. The maximum atomic E-state index is 12.2. The zero-order chi connectivity index (χ0) is 17.2. The van der Waals surface area contributed by atoms with E-state index in [0.29, 0.717) is 17.2 Å². The highest BCUT2D eigenvalue weighted by molar-refractivity contribution is 5.96. The third-order valence-electron chi connectivity index (χ3n) is 4.05. The van der Waals surface area contributed by atoms with Gasteiger partial charge in [-0.15, -0.1) is 0 Å². The number of carbonyl (C=O) groups is 1. The second-order valence-electron chi connectivity index (χ2n) is 7.33. The molecule has 1 heterocycles. The molecule has 6 heteroatoms. The van der Waals surface area contributed by atoms with Crippen LogP contribution >= 0.6 is 0 Å². The summed E-state index contributed by atoms with van der Waals surface area (Å²) in [5.74, 6) is 0.363. The summed E-state index contributed by atoms with van der Waals surface area (Å²) in [6.07, 6.45) is 2.06. The molecule has 6 nitrogen and oxygen atoms in total. The minimum Gasteiger partial charge on any atom is -0.366 e.